The molecule has 0 aliphatic heterocycles. The summed E-state index contributed by atoms with van der Waals surface area (Å²) in [5.41, 5.74) is -1.56. The molecule has 1 aromatic heterocycles. The zero-order chi connectivity index (χ0) is 12.8. The minimum Gasteiger partial charge on any atom is -0.312 e. The standard InChI is InChI=1S/C11H18FN3O2/c1-3-4-8(2)13-5-6-15-7-9(12)10(16)14-11(15)17/h7-8,13H,3-6H2,1-2H3,(H,14,16,17). The summed E-state index contributed by atoms with van der Waals surface area (Å²) < 4.78 is 14.1. The van der Waals surface area contributed by atoms with E-state index >= 15 is 0 Å². The largest absolute Gasteiger partial charge is 0.328 e. The Labute approximate surface area is 98.7 Å². The summed E-state index contributed by atoms with van der Waals surface area (Å²) in [5, 5.41) is 3.22. The van der Waals surface area contributed by atoms with Crippen LogP contribution in [0.2, 0.25) is 0 Å². The Morgan fingerprint density at radius 1 is 1.53 bits per heavy atom. The van der Waals surface area contributed by atoms with Crippen molar-refractivity contribution in [1.82, 2.24) is 14.9 Å². The second-order valence-corrected chi connectivity index (χ2v) is 4.07. The molecule has 2 N–H and O–H groups in total. The fraction of sp³-hybridized carbons (Fsp3) is 0.636. The van der Waals surface area contributed by atoms with Crippen LogP contribution in [0.5, 0.6) is 0 Å². The van der Waals surface area contributed by atoms with Gasteiger partial charge in [-0.05, 0) is 13.3 Å². The third kappa shape index (κ3) is 4.14. The predicted molar refractivity (Wildman–Crippen MR) is 63.7 cm³/mol. The smallest absolute Gasteiger partial charge is 0.312 e. The van der Waals surface area contributed by atoms with Crippen LogP contribution in [0.4, 0.5) is 4.39 Å². The van der Waals surface area contributed by atoms with Crippen LogP contribution in [0.1, 0.15) is 26.7 Å². The van der Waals surface area contributed by atoms with Crippen molar-refractivity contribution >= 4 is 0 Å². The van der Waals surface area contributed by atoms with E-state index in [1.165, 1.54) is 0 Å². The van der Waals surface area contributed by atoms with Gasteiger partial charge in [-0.2, -0.15) is 4.39 Å². The number of hydrogen-bond donors (Lipinski definition) is 2. The van der Waals surface area contributed by atoms with Crippen LogP contribution in [0.15, 0.2) is 15.8 Å². The van der Waals surface area contributed by atoms with Crippen molar-refractivity contribution in [2.24, 2.45) is 0 Å². The van der Waals surface area contributed by atoms with Gasteiger partial charge in [0.05, 0.1) is 6.20 Å². The molecular formula is C11H18FN3O2. The lowest BCUT2D eigenvalue weighted by atomic mass is 10.2. The topological polar surface area (TPSA) is 66.9 Å². The van der Waals surface area contributed by atoms with Crippen molar-refractivity contribution in [3.05, 3.63) is 32.9 Å². The summed E-state index contributed by atoms with van der Waals surface area (Å²) in [6.07, 6.45) is 3.07. The number of aromatic nitrogens is 2. The normalized spacial score (nSPS) is 12.6. The molecule has 0 bridgehead atoms. The first-order valence-corrected chi connectivity index (χ1v) is 5.77. The van der Waals surface area contributed by atoms with Gasteiger partial charge in [0.15, 0.2) is 0 Å². The zero-order valence-corrected chi connectivity index (χ0v) is 10.1. The van der Waals surface area contributed by atoms with E-state index in [2.05, 4.69) is 19.2 Å². The molecule has 5 nitrogen and oxygen atoms in total. The highest BCUT2D eigenvalue weighted by Gasteiger charge is 2.04. The first kappa shape index (κ1) is 13.6. The Kier molecular flexibility index (Phi) is 5.09. The van der Waals surface area contributed by atoms with Crippen LogP contribution in [0.25, 0.3) is 0 Å². The number of nitrogens with one attached hydrogen (secondary N) is 2. The highest BCUT2D eigenvalue weighted by molar-refractivity contribution is 4.87. The summed E-state index contributed by atoms with van der Waals surface area (Å²) in [7, 11) is 0. The quantitative estimate of drug-likeness (QED) is 0.762. The Hall–Kier alpha value is -1.43. The van der Waals surface area contributed by atoms with Crippen LogP contribution in [0, 0.1) is 5.82 Å². The van der Waals surface area contributed by atoms with E-state index in [-0.39, 0.29) is 0 Å². The molecule has 0 fully saturated rings. The molecule has 0 saturated carbocycles. The first-order valence-electron chi connectivity index (χ1n) is 5.77. The van der Waals surface area contributed by atoms with Crippen molar-refractivity contribution < 1.29 is 4.39 Å². The Bertz CT molecular complexity index is 467. The van der Waals surface area contributed by atoms with Crippen molar-refractivity contribution in [3.8, 4) is 0 Å². The molecule has 0 amide bonds. The fourth-order valence-corrected chi connectivity index (χ4v) is 1.62. The lowest BCUT2D eigenvalue weighted by molar-refractivity contribution is 0.471. The molecular weight excluding hydrogens is 225 g/mol. The van der Waals surface area contributed by atoms with E-state index in [0.717, 1.165) is 23.6 Å². The molecule has 0 aliphatic carbocycles. The number of nitrogens with zero attached hydrogens (tertiary/aromatic N) is 1. The Morgan fingerprint density at radius 2 is 2.24 bits per heavy atom. The zero-order valence-electron chi connectivity index (χ0n) is 10.1. The average Bonchev–Trinajstić information content (AvgIpc) is 2.26. The lowest BCUT2D eigenvalue weighted by Crippen LogP contribution is -2.36. The third-order valence-electron chi connectivity index (χ3n) is 2.53. The Balaban J connectivity index is 2.55. The minimum absolute atomic E-state index is 0.334. The van der Waals surface area contributed by atoms with Gasteiger partial charge < -0.3 is 5.32 Å². The third-order valence-corrected chi connectivity index (χ3v) is 2.53. The molecule has 0 spiro atoms. The van der Waals surface area contributed by atoms with Crippen LogP contribution in [0.3, 0.4) is 0 Å². The van der Waals surface area contributed by atoms with Crippen LogP contribution < -0.4 is 16.6 Å². The summed E-state index contributed by atoms with van der Waals surface area (Å²) >= 11 is 0. The van der Waals surface area contributed by atoms with Gasteiger partial charge in [-0.1, -0.05) is 13.3 Å². The number of H-pyrrole nitrogens is 1. The molecule has 0 aliphatic rings. The van der Waals surface area contributed by atoms with E-state index in [0.29, 0.717) is 19.1 Å². The number of aromatic amines is 1. The highest BCUT2D eigenvalue weighted by Crippen LogP contribution is 1.94. The molecule has 17 heavy (non-hydrogen) atoms. The van der Waals surface area contributed by atoms with E-state index in [1.807, 2.05) is 4.98 Å². The van der Waals surface area contributed by atoms with E-state index in [4.69, 9.17) is 0 Å². The first-order chi connectivity index (χ1) is 8.04. The van der Waals surface area contributed by atoms with Crippen molar-refractivity contribution in [3.63, 3.8) is 0 Å². The molecule has 0 aromatic carbocycles. The monoisotopic (exact) mass is 243 g/mol. The van der Waals surface area contributed by atoms with Crippen LogP contribution in [-0.2, 0) is 6.54 Å². The van der Waals surface area contributed by atoms with Gasteiger partial charge in [-0.15, -0.1) is 0 Å². The molecule has 0 radical (unpaired) electrons. The maximum Gasteiger partial charge on any atom is 0.328 e. The van der Waals surface area contributed by atoms with Crippen molar-refractivity contribution in [1.29, 1.82) is 0 Å². The van der Waals surface area contributed by atoms with Crippen LogP contribution >= 0.6 is 0 Å². The molecule has 1 heterocycles. The average molecular weight is 243 g/mol. The Morgan fingerprint density at radius 3 is 2.88 bits per heavy atom. The highest BCUT2D eigenvalue weighted by atomic mass is 19.1. The predicted octanol–water partition coefficient (Wildman–Crippen LogP) is 0.454. The summed E-state index contributed by atoms with van der Waals surface area (Å²) in [6, 6.07) is 0.364. The van der Waals surface area contributed by atoms with Gasteiger partial charge in [0, 0.05) is 19.1 Å². The summed E-state index contributed by atoms with van der Waals surface area (Å²) in [4.78, 5) is 24.0. The maximum absolute atomic E-state index is 12.9. The molecule has 0 saturated heterocycles. The van der Waals surface area contributed by atoms with Crippen molar-refractivity contribution in [2.75, 3.05) is 6.54 Å². The van der Waals surface area contributed by atoms with Gasteiger partial charge in [-0.3, -0.25) is 14.3 Å². The van der Waals surface area contributed by atoms with E-state index in [9.17, 15) is 14.0 Å². The van der Waals surface area contributed by atoms with Crippen LogP contribution in [-0.4, -0.2) is 22.1 Å². The number of rotatable bonds is 6. The van der Waals surface area contributed by atoms with Crippen molar-refractivity contribution in [2.45, 2.75) is 39.3 Å². The second-order valence-electron chi connectivity index (χ2n) is 4.07. The molecule has 6 heteroatoms. The SMILES string of the molecule is CCCC(C)NCCn1cc(F)c(=O)[nH]c1=O. The maximum atomic E-state index is 12.9. The van der Waals surface area contributed by atoms with E-state index < -0.39 is 17.1 Å². The van der Waals surface area contributed by atoms with Gasteiger partial charge >= 0.3 is 5.69 Å². The fourth-order valence-electron chi connectivity index (χ4n) is 1.62. The minimum atomic E-state index is -0.974. The number of halogens is 1. The molecule has 1 aromatic rings. The summed E-state index contributed by atoms with van der Waals surface area (Å²) in [6.45, 7) is 5.05. The molecule has 96 valence electrons. The second kappa shape index (κ2) is 6.34. The van der Waals surface area contributed by atoms with Gasteiger partial charge in [0.25, 0.3) is 5.56 Å². The molecule has 1 rings (SSSR count). The number of hydrogen-bond acceptors (Lipinski definition) is 3. The van der Waals surface area contributed by atoms with Gasteiger partial charge in [0.2, 0.25) is 5.82 Å². The molecule has 1 unspecified atom stereocenters. The van der Waals surface area contributed by atoms with Gasteiger partial charge in [-0.25, -0.2) is 4.79 Å². The lowest BCUT2D eigenvalue weighted by Gasteiger charge is -2.13. The van der Waals surface area contributed by atoms with E-state index in [1.54, 1.807) is 0 Å². The van der Waals surface area contributed by atoms with Gasteiger partial charge in [0.1, 0.15) is 0 Å². The summed E-state index contributed by atoms with van der Waals surface area (Å²) in [5.74, 6) is -0.939. The molecule has 1 atom stereocenters.